The Morgan fingerprint density at radius 1 is 1.22 bits per heavy atom. The van der Waals surface area contributed by atoms with Crippen LogP contribution < -0.4 is 11.1 Å². The van der Waals surface area contributed by atoms with E-state index in [1.165, 1.54) is 31.2 Å². The van der Waals surface area contributed by atoms with E-state index in [1.807, 2.05) is 0 Å². The van der Waals surface area contributed by atoms with Gasteiger partial charge in [0, 0.05) is 36.9 Å². The summed E-state index contributed by atoms with van der Waals surface area (Å²) in [5.74, 6) is 1.63. The number of halogens is 1. The van der Waals surface area contributed by atoms with Crippen LogP contribution in [0.1, 0.15) is 45.1 Å². The highest BCUT2D eigenvalue weighted by Crippen LogP contribution is 2.43. The first-order chi connectivity index (χ1) is 12.8. The van der Waals surface area contributed by atoms with Crippen molar-refractivity contribution < 1.29 is 0 Å². The van der Waals surface area contributed by atoms with E-state index >= 15 is 0 Å². The van der Waals surface area contributed by atoms with E-state index in [-0.39, 0.29) is 5.41 Å². The number of nitrogens with one attached hydrogen (secondary N) is 1. The van der Waals surface area contributed by atoms with Crippen molar-refractivity contribution in [2.45, 2.75) is 58.4 Å². The summed E-state index contributed by atoms with van der Waals surface area (Å²) in [4.78, 5) is 11.4. The smallest absolute Gasteiger partial charge is 0.193 e. The normalized spacial score (nSPS) is 31.3. The standard InChI is InChI=1S/C21H32BrN5/c1-14-21(2,19(27(3)4)26-20(23)25-14)16-8-10-18(11-9-16)24-13-15-6-5-7-17(22)12-15/h5-7,12,16,18,20,24H,8-11,13,23H2,1-4H3/t16-,18+,20?,21?. The molecule has 1 aromatic carbocycles. The number of hydrogen-bond acceptors (Lipinski definition) is 5. The molecule has 3 rings (SSSR count). The van der Waals surface area contributed by atoms with Gasteiger partial charge in [-0.15, -0.1) is 0 Å². The zero-order valence-electron chi connectivity index (χ0n) is 16.9. The molecule has 27 heavy (non-hydrogen) atoms. The fourth-order valence-electron chi connectivity index (χ4n) is 4.62. The molecule has 0 spiro atoms. The number of rotatable bonds is 4. The van der Waals surface area contributed by atoms with Crippen LogP contribution in [0.5, 0.6) is 0 Å². The van der Waals surface area contributed by atoms with Gasteiger partial charge >= 0.3 is 0 Å². The molecule has 2 atom stereocenters. The summed E-state index contributed by atoms with van der Waals surface area (Å²) in [6, 6.07) is 9.10. The Morgan fingerprint density at radius 3 is 2.56 bits per heavy atom. The highest BCUT2D eigenvalue weighted by atomic mass is 79.9. The SMILES string of the molecule is CC1=NC(N)N=C(N(C)C)C1(C)[C@H]1CC[C@@H](NCc2cccc(Br)c2)CC1. The minimum atomic E-state index is -0.460. The molecule has 1 fully saturated rings. The van der Waals surface area contributed by atoms with Gasteiger partial charge in [-0.3, -0.25) is 10.7 Å². The average Bonchev–Trinajstić information content (AvgIpc) is 2.63. The van der Waals surface area contributed by atoms with Crippen LogP contribution in [0.2, 0.25) is 0 Å². The van der Waals surface area contributed by atoms with E-state index in [1.54, 1.807) is 0 Å². The molecule has 6 heteroatoms. The van der Waals surface area contributed by atoms with Crippen LogP contribution in [-0.4, -0.2) is 42.9 Å². The molecule has 0 amide bonds. The summed E-state index contributed by atoms with van der Waals surface area (Å²) in [6.45, 7) is 5.35. The topological polar surface area (TPSA) is 66.0 Å². The zero-order valence-corrected chi connectivity index (χ0v) is 18.5. The number of benzene rings is 1. The summed E-state index contributed by atoms with van der Waals surface area (Å²) in [7, 11) is 4.13. The van der Waals surface area contributed by atoms with Gasteiger partial charge in [-0.1, -0.05) is 28.1 Å². The van der Waals surface area contributed by atoms with Gasteiger partial charge in [0.15, 0.2) is 6.29 Å². The zero-order chi connectivity index (χ0) is 19.6. The largest absolute Gasteiger partial charge is 0.366 e. The van der Waals surface area contributed by atoms with Crippen LogP contribution in [0.4, 0.5) is 0 Å². The summed E-state index contributed by atoms with van der Waals surface area (Å²) < 4.78 is 1.14. The highest BCUT2D eigenvalue weighted by Gasteiger charge is 2.46. The van der Waals surface area contributed by atoms with Crippen LogP contribution in [0, 0.1) is 11.3 Å². The fraction of sp³-hybridized carbons (Fsp3) is 0.619. The van der Waals surface area contributed by atoms with Crippen molar-refractivity contribution in [3.8, 4) is 0 Å². The van der Waals surface area contributed by atoms with E-state index in [2.05, 4.69) is 88.3 Å². The van der Waals surface area contributed by atoms with Crippen LogP contribution in [0.25, 0.3) is 0 Å². The van der Waals surface area contributed by atoms with Crippen LogP contribution >= 0.6 is 15.9 Å². The molecule has 1 aliphatic heterocycles. The molecule has 0 saturated heterocycles. The highest BCUT2D eigenvalue weighted by molar-refractivity contribution is 9.10. The van der Waals surface area contributed by atoms with Crippen molar-refractivity contribution in [2.24, 2.45) is 27.1 Å². The Hall–Kier alpha value is -1.24. The van der Waals surface area contributed by atoms with Crippen molar-refractivity contribution in [3.05, 3.63) is 34.3 Å². The molecule has 148 valence electrons. The Morgan fingerprint density at radius 2 is 1.93 bits per heavy atom. The quantitative estimate of drug-likeness (QED) is 0.758. The summed E-state index contributed by atoms with van der Waals surface area (Å²) >= 11 is 3.55. The van der Waals surface area contributed by atoms with Gasteiger partial charge < -0.3 is 10.2 Å². The lowest BCUT2D eigenvalue weighted by molar-refractivity contribution is 0.219. The molecular weight excluding hydrogens is 402 g/mol. The third-order valence-electron chi connectivity index (χ3n) is 6.25. The number of hydrogen-bond donors (Lipinski definition) is 2. The predicted octanol–water partition coefficient (Wildman–Crippen LogP) is 3.78. The van der Waals surface area contributed by atoms with Crippen LogP contribution in [0.15, 0.2) is 38.7 Å². The maximum Gasteiger partial charge on any atom is 0.193 e. The average molecular weight is 434 g/mol. The monoisotopic (exact) mass is 433 g/mol. The lowest BCUT2D eigenvalue weighted by atomic mass is 9.65. The second-order valence-corrected chi connectivity index (χ2v) is 9.15. The third kappa shape index (κ3) is 4.44. The summed E-state index contributed by atoms with van der Waals surface area (Å²) in [5.41, 5.74) is 8.35. The van der Waals surface area contributed by atoms with Crippen molar-refractivity contribution in [3.63, 3.8) is 0 Å². The van der Waals surface area contributed by atoms with Crippen molar-refractivity contribution in [2.75, 3.05) is 14.1 Å². The van der Waals surface area contributed by atoms with Gasteiger partial charge in [0.1, 0.15) is 5.84 Å². The minimum absolute atomic E-state index is 0.116. The maximum absolute atomic E-state index is 6.02. The molecule has 1 aliphatic carbocycles. The molecular formula is C21H32BrN5. The first-order valence-corrected chi connectivity index (χ1v) is 10.6. The first-order valence-electron chi connectivity index (χ1n) is 9.84. The summed E-state index contributed by atoms with van der Waals surface area (Å²) in [5, 5.41) is 3.74. The first kappa shape index (κ1) is 20.5. The predicted molar refractivity (Wildman–Crippen MR) is 117 cm³/mol. The Kier molecular flexibility index (Phi) is 6.39. The van der Waals surface area contributed by atoms with Crippen molar-refractivity contribution in [1.82, 2.24) is 10.2 Å². The molecule has 5 nitrogen and oxygen atoms in total. The number of aliphatic imine (C=N–C) groups is 2. The van der Waals surface area contributed by atoms with Crippen LogP contribution in [0.3, 0.4) is 0 Å². The molecule has 2 aliphatic rings. The molecule has 0 bridgehead atoms. The van der Waals surface area contributed by atoms with Gasteiger partial charge in [0.2, 0.25) is 0 Å². The number of nitrogens with two attached hydrogens (primary N) is 1. The molecule has 1 aromatic rings. The minimum Gasteiger partial charge on any atom is -0.366 e. The molecule has 0 radical (unpaired) electrons. The Balaban J connectivity index is 1.62. The van der Waals surface area contributed by atoms with Gasteiger partial charge in [0.25, 0.3) is 0 Å². The van der Waals surface area contributed by atoms with Gasteiger partial charge in [-0.2, -0.15) is 0 Å². The fourth-order valence-corrected chi connectivity index (χ4v) is 5.07. The Bertz CT molecular complexity index is 721. The Labute approximate surface area is 171 Å². The van der Waals surface area contributed by atoms with Gasteiger partial charge in [-0.25, -0.2) is 4.99 Å². The third-order valence-corrected chi connectivity index (χ3v) is 6.74. The second-order valence-electron chi connectivity index (χ2n) is 8.24. The molecule has 0 aromatic heterocycles. The van der Waals surface area contributed by atoms with Gasteiger partial charge in [-0.05, 0) is 63.1 Å². The van der Waals surface area contributed by atoms with Gasteiger partial charge in [0.05, 0.1) is 5.41 Å². The lowest BCUT2D eigenvalue weighted by Gasteiger charge is -2.46. The van der Waals surface area contributed by atoms with Crippen molar-refractivity contribution in [1.29, 1.82) is 0 Å². The molecule has 1 saturated carbocycles. The summed E-state index contributed by atoms with van der Waals surface area (Å²) in [6.07, 6.45) is 4.28. The van der Waals surface area contributed by atoms with E-state index in [0.717, 1.165) is 22.6 Å². The number of amidine groups is 1. The molecule has 2 unspecified atom stereocenters. The second kappa shape index (κ2) is 8.41. The lowest BCUT2D eigenvalue weighted by Crippen LogP contribution is -2.53. The van der Waals surface area contributed by atoms with E-state index in [9.17, 15) is 0 Å². The molecule has 3 N–H and O–H groups in total. The molecule has 1 heterocycles. The maximum atomic E-state index is 6.02. The number of nitrogens with zero attached hydrogens (tertiary/aromatic N) is 3. The van der Waals surface area contributed by atoms with E-state index in [0.29, 0.717) is 12.0 Å². The van der Waals surface area contributed by atoms with Crippen molar-refractivity contribution >= 4 is 27.5 Å². The van der Waals surface area contributed by atoms with Crippen LogP contribution in [-0.2, 0) is 6.54 Å². The van der Waals surface area contributed by atoms with E-state index in [4.69, 9.17) is 5.73 Å². The van der Waals surface area contributed by atoms with E-state index < -0.39 is 6.29 Å².